The molecule has 0 radical (unpaired) electrons. The zero-order valence-corrected chi connectivity index (χ0v) is 24.6. The zero-order chi connectivity index (χ0) is 30.2. The fourth-order valence-corrected chi connectivity index (χ4v) is 7.02. The van der Waals surface area contributed by atoms with Gasteiger partial charge in [0.25, 0.3) is 0 Å². The summed E-state index contributed by atoms with van der Waals surface area (Å²) in [5.41, 5.74) is 10.5. The van der Waals surface area contributed by atoms with Crippen LogP contribution >= 0.6 is 0 Å². The van der Waals surface area contributed by atoms with E-state index >= 15 is 0 Å². The van der Waals surface area contributed by atoms with Gasteiger partial charge in [0.1, 0.15) is 22.3 Å². The Hall–Kier alpha value is -6.26. The molecule has 10 rings (SSSR count). The number of furan rings is 2. The minimum Gasteiger partial charge on any atom is -0.455 e. The molecular weight excluding hydrogens is 564 g/mol. The number of pyridine rings is 2. The van der Waals surface area contributed by atoms with Crippen LogP contribution in [-0.2, 0) is 0 Å². The molecule has 0 fully saturated rings. The van der Waals surface area contributed by atoms with E-state index in [1.165, 1.54) is 0 Å². The first-order chi connectivity index (χ1) is 22.8. The fourth-order valence-electron chi connectivity index (χ4n) is 7.02. The summed E-state index contributed by atoms with van der Waals surface area (Å²) in [6.45, 7) is 0. The van der Waals surface area contributed by atoms with Gasteiger partial charge in [-0.3, -0.25) is 0 Å². The highest BCUT2D eigenvalue weighted by Gasteiger charge is 2.19. The number of hydrogen-bond donors (Lipinski definition) is 0. The lowest BCUT2D eigenvalue weighted by Gasteiger charge is -2.11. The second-order valence-corrected chi connectivity index (χ2v) is 11.7. The maximum absolute atomic E-state index is 6.68. The minimum absolute atomic E-state index is 0.697. The molecule has 0 atom stereocenters. The fraction of sp³-hybridized carbons (Fsp3) is 0. The summed E-state index contributed by atoms with van der Waals surface area (Å²) in [5, 5.41) is 7.47. The molecule has 4 heterocycles. The highest BCUT2D eigenvalue weighted by molar-refractivity contribution is 6.24. The van der Waals surface area contributed by atoms with E-state index in [4.69, 9.17) is 13.8 Å². The lowest BCUT2D eigenvalue weighted by atomic mass is 9.96. The van der Waals surface area contributed by atoms with E-state index in [0.29, 0.717) is 5.65 Å². The van der Waals surface area contributed by atoms with Gasteiger partial charge in [-0.25, -0.2) is 9.97 Å². The van der Waals surface area contributed by atoms with Crippen molar-refractivity contribution in [3.63, 3.8) is 0 Å². The normalized spacial score (nSPS) is 11.9. The third-order valence-corrected chi connectivity index (χ3v) is 9.15. The van der Waals surface area contributed by atoms with Crippen LogP contribution in [0, 0.1) is 0 Å². The molecule has 0 aliphatic carbocycles. The van der Waals surface area contributed by atoms with Crippen LogP contribution in [0.25, 0.3) is 99.2 Å². The second kappa shape index (κ2) is 9.62. The predicted molar refractivity (Wildman–Crippen MR) is 188 cm³/mol. The molecule has 0 unspecified atom stereocenters. The molecule has 0 amide bonds. The van der Waals surface area contributed by atoms with Crippen molar-refractivity contribution >= 4 is 65.7 Å². The van der Waals surface area contributed by atoms with Gasteiger partial charge in [0.2, 0.25) is 0 Å². The van der Waals surface area contributed by atoms with Crippen LogP contribution in [0.2, 0.25) is 0 Å². The molecule has 0 N–H and O–H groups in total. The Morgan fingerprint density at radius 1 is 0.391 bits per heavy atom. The Balaban J connectivity index is 1.15. The van der Waals surface area contributed by atoms with Gasteiger partial charge < -0.3 is 8.83 Å². The number of nitrogens with zero attached hydrogens (tertiary/aromatic N) is 2. The maximum Gasteiger partial charge on any atom is 0.160 e. The van der Waals surface area contributed by atoms with E-state index in [-0.39, 0.29) is 0 Å². The van der Waals surface area contributed by atoms with Crippen LogP contribution in [-0.4, -0.2) is 9.97 Å². The van der Waals surface area contributed by atoms with Crippen molar-refractivity contribution in [2.45, 2.75) is 0 Å². The molecule has 4 aromatic heterocycles. The van der Waals surface area contributed by atoms with E-state index < -0.39 is 0 Å². The quantitative estimate of drug-likeness (QED) is 0.193. The van der Waals surface area contributed by atoms with E-state index in [1.807, 2.05) is 24.3 Å². The van der Waals surface area contributed by atoms with Crippen molar-refractivity contribution in [1.29, 1.82) is 0 Å². The highest BCUT2D eigenvalue weighted by atomic mass is 16.3. The molecule has 0 aliphatic rings. The van der Waals surface area contributed by atoms with E-state index in [2.05, 4.69) is 120 Å². The van der Waals surface area contributed by atoms with Crippen molar-refractivity contribution in [2.75, 3.05) is 0 Å². The molecule has 4 heteroatoms. The number of aromatic nitrogens is 2. The van der Waals surface area contributed by atoms with Gasteiger partial charge in [0, 0.05) is 60.6 Å². The first kappa shape index (κ1) is 25.1. The number of para-hydroxylation sites is 3. The molecule has 4 nitrogen and oxygen atoms in total. The maximum atomic E-state index is 6.68. The van der Waals surface area contributed by atoms with Gasteiger partial charge in [0.15, 0.2) is 5.65 Å². The van der Waals surface area contributed by atoms with Gasteiger partial charge in [-0.1, -0.05) is 115 Å². The molecule has 10 aromatic rings. The first-order valence-electron chi connectivity index (χ1n) is 15.4. The number of hydrogen-bond acceptors (Lipinski definition) is 4. The van der Waals surface area contributed by atoms with Gasteiger partial charge in [-0.2, -0.15) is 0 Å². The summed E-state index contributed by atoms with van der Waals surface area (Å²) in [7, 11) is 0. The van der Waals surface area contributed by atoms with Gasteiger partial charge in [-0.05, 0) is 35.4 Å². The Kier molecular flexibility index (Phi) is 5.25. The van der Waals surface area contributed by atoms with Crippen LogP contribution in [0.4, 0.5) is 0 Å². The Bertz CT molecular complexity index is 2790. The molecule has 0 spiro atoms. The lowest BCUT2D eigenvalue weighted by molar-refractivity contribution is 0.671. The molecule has 0 aliphatic heterocycles. The average molecular weight is 589 g/mol. The van der Waals surface area contributed by atoms with Crippen molar-refractivity contribution in [3.05, 3.63) is 146 Å². The van der Waals surface area contributed by atoms with Crippen molar-refractivity contribution in [2.24, 2.45) is 0 Å². The second-order valence-electron chi connectivity index (χ2n) is 11.7. The predicted octanol–water partition coefficient (Wildman–Crippen LogP) is 11.6. The summed E-state index contributed by atoms with van der Waals surface area (Å²) >= 11 is 0. The topological polar surface area (TPSA) is 52.1 Å². The molecule has 0 saturated heterocycles. The third kappa shape index (κ3) is 3.61. The van der Waals surface area contributed by atoms with Crippen molar-refractivity contribution < 1.29 is 8.83 Å². The molecule has 46 heavy (non-hydrogen) atoms. The Morgan fingerprint density at radius 2 is 1.00 bits per heavy atom. The highest BCUT2D eigenvalue weighted by Crippen LogP contribution is 2.42. The standard InChI is InChI=1S/C42H24N2O2/c1-2-9-25(10-3-1)28-12-6-14-31-32-15-7-13-29(40(32)46-39(28)31)26-18-20-27(21-19-26)38-34-23-22-33-30-11-4-5-17-36(30)45-41(33)37(34)35-16-8-24-43-42(35)44-38/h1-24H. The summed E-state index contributed by atoms with van der Waals surface area (Å²) in [6, 6.07) is 48.3. The van der Waals surface area contributed by atoms with Crippen LogP contribution in [0.1, 0.15) is 0 Å². The van der Waals surface area contributed by atoms with E-state index in [1.54, 1.807) is 6.20 Å². The van der Waals surface area contributed by atoms with Crippen LogP contribution in [0.3, 0.4) is 0 Å². The minimum atomic E-state index is 0.697. The lowest BCUT2D eigenvalue weighted by Crippen LogP contribution is -1.92. The summed E-state index contributed by atoms with van der Waals surface area (Å²) in [4.78, 5) is 9.74. The molecule has 0 bridgehead atoms. The average Bonchev–Trinajstić information content (AvgIpc) is 3.70. The van der Waals surface area contributed by atoms with Crippen LogP contribution in [0.15, 0.2) is 155 Å². The Morgan fingerprint density at radius 3 is 1.78 bits per heavy atom. The monoisotopic (exact) mass is 588 g/mol. The molecule has 6 aromatic carbocycles. The summed E-state index contributed by atoms with van der Waals surface area (Å²) in [5.74, 6) is 0. The zero-order valence-electron chi connectivity index (χ0n) is 24.6. The van der Waals surface area contributed by atoms with Gasteiger partial charge in [-0.15, -0.1) is 0 Å². The molecule has 214 valence electrons. The molecule has 0 saturated carbocycles. The van der Waals surface area contributed by atoms with Crippen LogP contribution < -0.4 is 0 Å². The number of rotatable bonds is 3. The van der Waals surface area contributed by atoms with E-state index in [9.17, 15) is 0 Å². The number of fused-ring (bicyclic) bond motifs is 10. The van der Waals surface area contributed by atoms with Crippen molar-refractivity contribution in [1.82, 2.24) is 9.97 Å². The van der Waals surface area contributed by atoms with Crippen molar-refractivity contribution in [3.8, 4) is 33.5 Å². The van der Waals surface area contributed by atoms with Gasteiger partial charge >= 0.3 is 0 Å². The smallest absolute Gasteiger partial charge is 0.160 e. The number of benzene rings is 6. The third-order valence-electron chi connectivity index (χ3n) is 9.15. The van der Waals surface area contributed by atoms with Gasteiger partial charge in [0.05, 0.1) is 5.69 Å². The summed E-state index contributed by atoms with van der Waals surface area (Å²) in [6.07, 6.45) is 1.80. The molecular formula is C42H24N2O2. The van der Waals surface area contributed by atoms with Crippen LogP contribution in [0.5, 0.6) is 0 Å². The van der Waals surface area contributed by atoms with E-state index in [0.717, 1.165) is 93.5 Å². The largest absolute Gasteiger partial charge is 0.455 e. The first-order valence-corrected chi connectivity index (χ1v) is 15.4. The summed E-state index contributed by atoms with van der Waals surface area (Å²) < 4.78 is 13.2. The Labute approximate surface area is 263 Å². The SMILES string of the molecule is c1ccc(-c2cccc3c2oc2c(-c4ccc(-c5nc6ncccc6c6c5ccc5c7ccccc7oc56)cc4)cccc23)cc1.